The van der Waals surface area contributed by atoms with Gasteiger partial charge in [-0.05, 0) is 52.5 Å². The summed E-state index contributed by atoms with van der Waals surface area (Å²) in [6, 6.07) is 5.45. The molecule has 1 rings (SSSR count). The molecule has 114 valence electrons. The van der Waals surface area contributed by atoms with Crippen LogP contribution in [0.5, 0.6) is 5.75 Å². The van der Waals surface area contributed by atoms with E-state index in [-0.39, 0.29) is 11.9 Å². The molecule has 1 N–H and O–H groups in total. The average molecular weight is 282 g/mol. The molecule has 0 heterocycles. The minimum atomic E-state index is -0.206. The highest BCUT2D eigenvalue weighted by molar-refractivity contribution is 5.37. The molecule has 0 spiro atoms. The van der Waals surface area contributed by atoms with Gasteiger partial charge < -0.3 is 15.0 Å². The summed E-state index contributed by atoms with van der Waals surface area (Å²) in [6.45, 7) is 8.06. The quantitative estimate of drug-likeness (QED) is 0.792. The number of ether oxygens (including phenoxy) is 1. The zero-order valence-corrected chi connectivity index (χ0v) is 13.2. The molecule has 0 aromatic heterocycles. The first-order chi connectivity index (χ1) is 9.51. The third kappa shape index (κ3) is 4.46. The van der Waals surface area contributed by atoms with Gasteiger partial charge in [-0.15, -0.1) is 0 Å². The van der Waals surface area contributed by atoms with Crippen LogP contribution < -0.4 is 10.1 Å². The number of nitrogens with zero attached hydrogens (tertiary/aromatic N) is 1. The highest BCUT2D eigenvalue weighted by Crippen LogP contribution is 2.30. The number of hydrogen-bond acceptors (Lipinski definition) is 3. The van der Waals surface area contributed by atoms with Crippen LogP contribution in [0.2, 0.25) is 0 Å². The van der Waals surface area contributed by atoms with Gasteiger partial charge in [0.15, 0.2) is 0 Å². The van der Waals surface area contributed by atoms with Crippen LogP contribution in [0.4, 0.5) is 4.39 Å². The fourth-order valence-corrected chi connectivity index (χ4v) is 2.22. The van der Waals surface area contributed by atoms with Crippen molar-refractivity contribution in [2.45, 2.75) is 39.3 Å². The Morgan fingerprint density at radius 3 is 2.60 bits per heavy atom. The number of hydrogen-bond donors (Lipinski definition) is 1. The topological polar surface area (TPSA) is 24.5 Å². The first-order valence-electron chi connectivity index (χ1n) is 7.27. The molecule has 0 aliphatic heterocycles. The Hall–Kier alpha value is -1.13. The molecular weight excluding hydrogens is 255 g/mol. The standard InChI is InChI=1S/C16H27FN2O/c1-6-18-14(10-11-19(4)12(2)3)16-13(17)8-7-9-15(16)20-5/h7-9,12,14,18H,6,10-11H2,1-5H3. The SMILES string of the molecule is CCNC(CCN(C)C(C)C)c1c(F)cccc1OC. The van der Waals surface area contributed by atoms with E-state index in [0.29, 0.717) is 17.4 Å². The van der Waals surface area contributed by atoms with Crippen LogP contribution in [0.3, 0.4) is 0 Å². The van der Waals surface area contributed by atoms with Crippen molar-refractivity contribution in [2.24, 2.45) is 0 Å². The zero-order valence-electron chi connectivity index (χ0n) is 13.2. The predicted octanol–water partition coefficient (Wildman–Crippen LogP) is 3.22. The van der Waals surface area contributed by atoms with E-state index in [4.69, 9.17) is 4.74 Å². The molecule has 0 fully saturated rings. The molecule has 0 saturated heterocycles. The number of benzene rings is 1. The Morgan fingerprint density at radius 1 is 1.35 bits per heavy atom. The largest absolute Gasteiger partial charge is 0.496 e. The van der Waals surface area contributed by atoms with Gasteiger partial charge in [0, 0.05) is 17.6 Å². The maximum Gasteiger partial charge on any atom is 0.131 e. The molecule has 0 aliphatic rings. The third-order valence-electron chi connectivity index (χ3n) is 3.68. The van der Waals surface area contributed by atoms with Crippen molar-refractivity contribution in [1.82, 2.24) is 10.2 Å². The molecule has 1 aromatic carbocycles. The van der Waals surface area contributed by atoms with Gasteiger partial charge in [-0.3, -0.25) is 0 Å². The second kappa shape index (κ2) is 8.22. The number of nitrogens with one attached hydrogen (secondary N) is 1. The molecule has 0 amide bonds. The van der Waals surface area contributed by atoms with E-state index >= 15 is 0 Å². The lowest BCUT2D eigenvalue weighted by molar-refractivity contribution is 0.254. The van der Waals surface area contributed by atoms with Crippen LogP contribution in [-0.2, 0) is 0 Å². The Kier molecular flexibility index (Phi) is 6.96. The van der Waals surface area contributed by atoms with E-state index in [2.05, 4.69) is 31.1 Å². The molecule has 3 nitrogen and oxygen atoms in total. The molecule has 20 heavy (non-hydrogen) atoms. The molecule has 0 aliphatic carbocycles. The van der Waals surface area contributed by atoms with E-state index in [1.807, 2.05) is 13.0 Å². The van der Waals surface area contributed by atoms with Crippen molar-refractivity contribution >= 4 is 0 Å². The van der Waals surface area contributed by atoms with E-state index in [9.17, 15) is 4.39 Å². The maximum absolute atomic E-state index is 14.2. The van der Waals surface area contributed by atoms with Gasteiger partial charge in [0.05, 0.1) is 7.11 Å². The average Bonchev–Trinajstić information content (AvgIpc) is 2.42. The lowest BCUT2D eigenvalue weighted by Crippen LogP contribution is -2.31. The summed E-state index contributed by atoms with van der Waals surface area (Å²) in [5.74, 6) is 0.408. The molecule has 1 atom stereocenters. The minimum absolute atomic E-state index is 0.0302. The Balaban J connectivity index is 2.90. The minimum Gasteiger partial charge on any atom is -0.496 e. The molecular formula is C16H27FN2O. The third-order valence-corrected chi connectivity index (χ3v) is 3.68. The first kappa shape index (κ1) is 16.9. The van der Waals surface area contributed by atoms with Gasteiger partial charge in [0.1, 0.15) is 11.6 Å². The lowest BCUT2D eigenvalue weighted by atomic mass is 10.0. The van der Waals surface area contributed by atoms with Gasteiger partial charge in [0.25, 0.3) is 0 Å². The van der Waals surface area contributed by atoms with Crippen molar-refractivity contribution in [3.8, 4) is 5.75 Å². The predicted molar refractivity (Wildman–Crippen MR) is 81.8 cm³/mol. The van der Waals surface area contributed by atoms with Crippen LogP contribution in [0.15, 0.2) is 18.2 Å². The fraction of sp³-hybridized carbons (Fsp3) is 0.625. The van der Waals surface area contributed by atoms with Gasteiger partial charge in [-0.25, -0.2) is 4.39 Å². The van der Waals surface area contributed by atoms with E-state index in [0.717, 1.165) is 19.5 Å². The van der Waals surface area contributed by atoms with E-state index in [1.165, 1.54) is 6.07 Å². The smallest absolute Gasteiger partial charge is 0.131 e. The summed E-state index contributed by atoms with van der Waals surface area (Å²) in [7, 11) is 3.67. The second-order valence-electron chi connectivity index (χ2n) is 5.33. The summed E-state index contributed by atoms with van der Waals surface area (Å²) in [5.41, 5.74) is 0.633. The zero-order chi connectivity index (χ0) is 15.1. The maximum atomic E-state index is 14.2. The van der Waals surface area contributed by atoms with Crippen LogP contribution in [0, 0.1) is 5.82 Å². The highest BCUT2D eigenvalue weighted by Gasteiger charge is 2.20. The van der Waals surface area contributed by atoms with Crippen molar-refractivity contribution < 1.29 is 9.13 Å². The monoisotopic (exact) mass is 282 g/mol. The molecule has 1 aromatic rings. The number of halogens is 1. The summed E-state index contributed by atoms with van der Waals surface area (Å²) >= 11 is 0. The summed E-state index contributed by atoms with van der Waals surface area (Å²) in [6.07, 6.45) is 0.847. The van der Waals surface area contributed by atoms with Crippen molar-refractivity contribution in [1.29, 1.82) is 0 Å². The number of rotatable bonds is 8. The Bertz CT molecular complexity index is 409. The summed E-state index contributed by atoms with van der Waals surface area (Å²) in [4.78, 5) is 2.26. The van der Waals surface area contributed by atoms with Crippen LogP contribution >= 0.6 is 0 Å². The van der Waals surface area contributed by atoms with E-state index in [1.54, 1.807) is 13.2 Å². The Labute approximate surface area is 122 Å². The van der Waals surface area contributed by atoms with Gasteiger partial charge in [-0.2, -0.15) is 0 Å². The Morgan fingerprint density at radius 2 is 2.05 bits per heavy atom. The van der Waals surface area contributed by atoms with Gasteiger partial charge >= 0.3 is 0 Å². The van der Waals surface area contributed by atoms with Gasteiger partial charge in [-0.1, -0.05) is 13.0 Å². The summed E-state index contributed by atoms with van der Waals surface area (Å²) < 4.78 is 19.5. The van der Waals surface area contributed by atoms with Crippen LogP contribution in [0.25, 0.3) is 0 Å². The second-order valence-corrected chi connectivity index (χ2v) is 5.33. The summed E-state index contributed by atoms with van der Waals surface area (Å²) in [5, 5.41) is 3.36. The van der Waals surface area contributed by atoms with Crippen LogP contribution in [0.1, 0.15) is 38.8 Å². The van der Waals surface area contributed by atoms with E-state index < -0.39 is 0 Å². The molecule has 1 unspecified atom stereocenters. The van der Waals surface area contributed by atoms with Crippen LogP contribution in [-0.4, -0.2) is 38.2 Å². The fourth-order valence-electron chi connectivity index (χ4n) is 2.22. The lowest BCUT2D eigenvalue weighted by Gasteiger charge is -2.26. The highest BCUT2D eigenvalue weighted by atomic mass is 19.1. The van der Waals surface area contributed by atoms with Crippen molar-refractivity contribution in [3.05, 3.63) is 29.6 Å². The van der Waals surface area contributed by atoms with Gasteiger partial charge in [0.2, 0.25) is 0 Å². The molecule has 0 saturated carbocycles. The first-order valence-corrected chi connectivity index (χ1v) is 7.27. The normalized spacial score (nSPS) is 13.0. The van der Waals surface area contributed by atoms with Crippen molar-refractivity contribution in [2.75, 3.05) is 27.2 Å². The number of methoxy groups -OCH3 is 1. The molecule has 0 bridgehead atoms. The van der Waals surface area contributed by atoms with Crippen molar-refractivity contribution in [3.63, 3.8) is 0 Å². The molecule has 0 radical (unpaired) electrons. The molecule has 4 heteroatoms.